The average Bonchev–Trinajstić information content (AvgIpc) is 2.72. The van der Waals surface area contributed by atoms with Crippen molar-refractivity contribution in [3.05, 3.63) is 99.4 Å². The van der Waals surface area contributed by atoms with Crippen LogP contribution in [0.15, 0.2) is 71.8 Å². The number of nitrogens with zero attached hydrogens (tertiary/aromatic N) is 2. The van der Waals surface area contributed by atoms with Crippen LogP contribution in [-0.2, 0) is 12.8 Å². The molecule has 3 rings (SSSR count). The number of hydrazone groups is 1. The topological polar surface area (TPSA) is 76.8 Å². The first kappa shape index (κ1) is 21.8. The van der Waals surface area contributed by atoms with Crippen molar-refractivity contribution in [3.63, 3.8) is 0 Å². The Kier molecular flexibility index (Phi) is 6.49. The smallest absolute Gasteiger partial charge is 0.416 e. The molecule has 0 amide bonds. The van der Waals surface area contributed by atoms with Crippen molar-refractivity contribution in [1.29, 1.82) is 0 Å². The van der Waals surface area contributed by atoms with Crippen molar-refractivity contribution in [2.75, 3.05) is 5.43 Å². The maximum absolute atomic E-state index is 13.2. The Morgan fingerprint density at radius 2 is 1.81 bits per heavy atom. The summed E-state index contributed by atoms with van der Waals surface area (Å²) < 4.78 is 56.9. The van der Waals surface area contributed by atoms with Crippen LogP contribution in [0.25, 0.3) is 0 Å². The number of hydrogen-bond donors (Lipinski definition) is 1. The summed E-state index contributed by atoms with van der Waals surface area (Å²) in [4.78, 5) is 10.1. The van der Waals surface area contributed by atoms with E-state index in [0.717, 1.165) is 12.1 Å². The summed E-state index contributed by atoms with van der Waals surface area (Å²) in [7, 11) is 0. The van der Waals surface area contributed by atoms with Gasteiger partial charge in [0.15, 0.2) is 0 Å². The Hall–Kier alpha value is -3.95. The van der Waals surface area contributed by atoms with Gasteiger partial charge in [0.05, 0.1) is 16.7 Å². The zero-order chi connectivity index (χ0) is 22.4. The number of nitro groups is 1. The molecular weight excluding hydrogens is 418 g/mol. The van der Waals surface area contributed by atoms with E-state index in [1.807, 2.05) is 0 Å². The maximum atomic E-state index is 13.2. The van der Waals surface area contributed by atoms with Crippen molar-refractivity contribution in [3.8, 4) is 5.75 Å². The molecule has 0 atom stereocenters. The quantitative estimate of drug-likeness (QED) is 0.222. The molecule has 0 saturated heterocycles. The van der Waals surface area contributed by atoms with Gasteiger partial charge < -0.3 is 4.74 Å². The van der Waals surface area contributed by atoms with Crippen LogP contribution in [0.3, 0.4) is 0 Å². The van der Waals surface area contributed by atoms with E-state index in [9.17, 15) is 27.7 Å². The maximum Gasteiger partial charge on any atom is 0.416 e. The summed E-state index contributed by atoms with van der Waals surface area (Å²) in [6.45, 7) is 0.185. The fraction of sp³-hybridized carbons (Fsp3) is 0.0952. The van der Waals surface area contributed by atoms with E-state index in [-0.39, 0.29) is 18.1 Å². The lowest BCUT2D eigenvalue weighted by Gasteiger charge is -2.08. The molecule has 0 saturated carbocycles. The Morgan fingerprint density at radius 1 is 1.06 bits per heavy atom. The SMILES string of the molecule is O=[N+]([O-])c1cc(C(F)(F)F)ccc1N/N=C\c1ccc(OCc2cccc(F)c2)cc1. The Balaban J connectivity index is 1.63. The zero-order valence-electron chi connectivity index (χ0n) is 15.8. The predicted octanol–water partition coefficient (Wildman–Crippen LogP) is 5.78. The second-order valence-electron chi connectivity index (χ2n) is 6.34. The molecule has 0 radical (unpaired) electrons. The molecule has 1 N–H and O–H groups in total. The Bertz CT molecular complexity index is 1100. The average molecular weight is 433 g/mol. The van der Waals surface area contributed by atoms with E-state index in [1.54, 1.807) is 36.4 Å². The highest BCUT2D eigenvalue weighted by Gasteiger charge is 2.33. The largest absolute Gasteiger partial charge is 0.489 e. The van der Waals surface area contributed by atoms with Gasteiger partial charge >= 0.3 is 6.18 Å². The Labute approximate surface area is 173 Å². The lowest BCUT2D eigenvalue weighted by atomic mass is 10.1. The van der Waals surface area contributed by atoms with Gasteiger partial charge in [0.2, 0.25) is 0 Å². The fourth-order valence-electron chi connectivity index (χ4n) is 2.57. The van der Waals surface area contributed by atoms with Gasteiger partial charge in [0.1, 0.15) is 23.9 Å². The van der Waals surface area contributed by atoms with Gasteiger partial charge in [0, 0.05) is 6.07 Å². The second kappa shape index (κ2) is 9.24. The summed E-state index contributed by atoms with van der Waals surface area (Å²) in [5.41, 5.74) is 1.63. The number of nitrogens with one attached hydrogen (secondary N) is 1. The molecule has 0 aromatic heterocycles. The number of ether oxygens (including phenoxy) is 1. The summed E-state index contributed by atoms with van der Waals surface area (Å²) in [6, 6.07) is 14.8. The van der Waals surface area contributed by atoms with E-state index >= 15 is 0 Å². The minimum atomic E-state index is -4.69. The van der Waals surface area contributed by atoms with E-state index in [1.165, 1.54) is 18.3 Å². The van der Waals surface area contributed by atoms with Gasteiger partial charge in [-0.2, -0.15) is 18.3 Å². The standard InChI is InChI=1S/C21H15F4N3O3/c22-17-3-1-2-15(10-17)13-31-18-7-4-14(5-8-18)12-26-27-19-9-6-16(21(23,24)25)11-20(19)28(29)30/h1-12,27H,13H2/b26-12-. The molecule has 3 aromatic carbocycles. The van der Waals surface area contributed by atoms with E-state index in [4.69, 9.17) is 4.74 Å². The number of nitro benzene ring substituents is 1. The summed E-state index contributed by atoms with van der Waals surface area (Å²) >= 11 is 0. The number of benzene rings is 3. The second-order valence-corrected chi connectivity index (χ2v) is 6.34. The van der Waals surface area contributed by atoms with E-state index in [2.05, 4.69) is 10.5 Å². The fourth-order valence-corrected chi connectivity index (χ4v) is 2.57. The van der Waals surface area contributed by atoms with Gasteiger partial charge in [-0.3, -0.25) is 15.5 Å². The molecule has 0 fully saturated rings. The highest BCUT2D eigenvalue weighted by Crippen LogP contribution is 2.34. The molecule has 0 spiro atoms. The number of halogens is 4. The molecule has 0 aliphatic heterocycles. The molecule has 3 aromatic rings. The number of anilines is 1. The number of alkyl halides is 3. The van der Waals surface area contributed by atoms with Crippen molar-refractivity contribution < 1.29 is 27.2 Å². The molecule has 10 heteroatoms. The van der Waals surface area contributed by atoms with Crippen LogP contribution in [0, 0.1) is 15.9 Å². The molecule has 0 heterocycles. The summed E-state index contributed by atoms with van der Waals surface area (Å²) in [5, 5.41) is 14.9. The van der Waals surface area contributed by atoms with Gasteiger partial charge in [-0.15, -0.1) is 0 Å². The molecule has 0 unspecified atom stereocenters. The van der Waals surface area contributed by atoms with Gasteiger partial charge in [-0.05, 0) is 59.7 Å². The van der Waals surface area contributed by atoms with Crippen LogP contribution in [0.2, 0.25) is 0 Å². The van der Waals surface area contributed by atoms with Gasteiger partial charge in [-0.25, -0.2) is 4.39 Å². The normalized spacial score (nSPS) is 11.5. The lowest BCUT2D eigenvalue weighted by molar-refractivity contribution is -0.384. The van der Waals surface area contributed by atoms with Crippen molar-refractivity contribution in [2.24, 2.45) is 5.10 Å². The van der Waals surface area contributed by atoms with Crippen LogP contribution in [-0.4, -0.2) is 11.1 Å². The van der Waals surface area contributed by atoms with Crippen LogP contribution in [0.5, 0.6) is 5.75 Å². The van der Waals surface area contributed by atoms with Crippen molar-refractivity contribution in [2.45, 2.75) is 12.8 Å². The summed E-state index contributed by atoms with van der Waals surface area (Å²) in [5.74, 6) is 0.182. The predicted molar refractivity (Wildman–Crippen MR) is 106 cm³/mol. The van der Waals surface area contributed by atoms with Crippen LogP contribution < -0.4 is 10.2 Å². The van der Waals surface area contributed by atoms with Crippen LogP contribution in [0.4, 0.5) is 28.9 Å². The Morgan fingerprint density at radius 3 is 2.45 bits per heavy atom. The molecule has 0 bridgehead atoms. The molecule has 0 aliphatic carbocycles. The highest BCUT2D eigenvalue weighted by molar-refractivity contribution is 5.80. The highest BCUT2D eigenvalue weighted by atomic mass is 19.4. The molecule has 160 valence electrons. The minimum Gasteiger partial charge on any atom is -0.489 e. The summed E-state index contributed by atoms with van der Waals surface area (Å²) in [6.07, 6.45) is -3.34. The third kappa shape index (κ3) is 6.01. The van der Waals surface area contributed by atoms with Gasteiger partial charge in [-0.1, -0.05) is 12.1 Å². The molecule has 31 heavy (non-hydrogen) atoms. The first-order valence-electron chi connectivity index (χ1n) is 8.84. The molecule has 0 aliphatic rings. The van der Waals surface area contributed by atoms with E-state index in [0.29, 0.717) is 22.9 Å². The lowest BCUT2D eigenvalue weighted by Crippen LogP contribution is -2.06. The first-order chi connectivity index (χ1) is 14.7. The molecule has 6 nitrogen and oxygen atoms in total. The molecular formula is C21H15F4N3O3. The van der Waals surface area contributed by atoms with Crippen molar-refractivity contribution >= 4 is 17.6 Å². The zero-order valence-corrected chi connectivity index (χ0v) is 15.8. The third-order valence-electron chi connectivity index (χ3n) is 4.10. The number of rotatable bonds is 7. The van der Waals surface area contributed by atoms with Crippen molar-refractivity contribution in [1.82, 2.24) is 0 Å². The number of hydrogen-bond acceptors (Lipinski definition) is 5. The third-order valence-corrected chi connectivity index (χ3v) is 4.10. The van der Waals surface area contributed by atoms with Crippen LogP contribution in [0.1, 0.15) is 16.7 Å². The van der Waals surface area contributed by atoms with Crippen LogP contribution >= 0.6 is 0 Å². The van der Waals surface area contributed by atoms with E-state index < -0.39 is 22.4 Å². The first-order valence-corrected chi connectivity index (χ1v) is 8.84. The van der Waals surface area contributed by atoms with Gasteiger partial charge in [0.25, 0.3) is 5.69 Å². The monoisotopic (exact) mass is 433 g/mol. The minimum absolute atomic E-state index is 0.177.